The first-order chi connectivity index (χ1) is 13.9. The molecule has 0 saturated carbocycles. The Balaban J connectivity index is 2.03. The largest absolute Gasteiger partial charge is 0.444 e. The molecule has 164 valence electrons. The minimum absolute atomic E-state index is 0.0223. The number of hydrogen-bond donors (Lipinski definition) is 0. The lowest BCUT2D eigenvalue weighted by Gasteiger charge is -2.32. The number of nitrogens with zero attached hydrogens (tertiary/aromatic N) is 1. The number of carbonyl (C=O) groups excluding carboxylic acids is 2. The van der Waals surface area contributed by atoms with Crippen LogP contribution in [0.4, 0.5) is 4.79 Å². The molecule has 1 aliphatic carbocycles. The average molecular weight is 412 g/mol. The number of carbonyl (C=O) groups is 2. The number of ether oxygens (including phenoxy) is 1. The maximum absolute atomic E-state index is 12.7. The number of benzene rings is 1. The van der Waals surface area contributed by atoms with Crippen molar-refractivity contribution in [2.45, 2.75) is 72.8 Å². The predicted octanol–water partition coefficient (Wildman–Crippen LogP) is 6.67. The second-order valence-electron chi connectivity index (χ2n) is 9.97. The number of allylic oxidation sites excluding steroid dienone is 3. The average Bonchev–Trinajstić information content (AvgIpc) is 2.63. The number of rotatable bonds is 6. The van der Waals surface area contributed by atoms with Crippen LogP contribution in [0, 0.1) is 5.41 Å². The van der Waals surface area contributed by atoms with E-state index in [9.17, 15) is 9.59 Å². The van der Waals surface area contributed by atoms with Crippen molar-refractivity contribution in [3.8, 4) is 0 Å². The van der Waals surface area contributed by atoms with Crippen molar-refractivity contribution >= 4 is 18.0 Å². The summed E-state index contributed by atoms with van der Waals surface area (Å²) in [6.45, 7) is 12.6. The maximum Gasteiger partial charge on any atom is 0.410 e. The van der Waals surface area contributed by atoms with Crippen molar-refractivity contribution in [2.75, 3.05) is 13.6 Å². The molecule has 1 aromatic carbocycles. The fourth-order valence-corrected chi connectivity index (χ4v) is 3.85. The van der Waals surface area contributed by atoms with Crippen LogP contribution in [0.3, 0.4) is 0 Å². The molecule has 4 nitrogen and oxygen atoms in total. The summed E-state index contributed by atoms with van der Waals surface area (Å²) in [6, 6.07) is 7.70. The van der Waals surface area contributed by atoms with Crippen LogP contribution in [0.1, 0.15) is 83.1 Å². The standard InChI is InChI=1S/C26H37NO3/c1-19-10-9-16-26(5,6)22(19)14-13-20-11-8-12-21(18-20)23(28)15-17-27(7)24(29)30-25(2,3)4/h8,11-14,18H,9-10,15-17H2,1-7H3. The number of hydrogen-bond acceptors (Lipinski definition) is 3. The van der Waals surface area contributed by atoms with E-state index in [1.165, 1.54) is 28.9 Å². The fourth-order valence-electron chi connectivity index (χ4n) is 3.85. The molecule has 0 bridgehead atoms. The SMILES string of the molecule is CC1=C(C=Cc2cccc(C(=O)CCN(C)C(=O)OC(C)(C)C)c2)C(C)(C)CCC1. The highest BCUT2D eigenvalue weighted by atomic mass is 16.6. The van der Waals surface area contributed by atoms with Gasteiger partial charge in [0.05, 0.1) is 0 Å². The minimum atomic E-state index is -0.545. The van der Waals surface area contributed by atoms with Crippen LogP contribution in [-0.2, 0) is 4.74 Å². The van der Waals surface area contributed by atoms with Crippen LogP contribution in [0.25, 0.3) is 6.08 Å². The van der Waals surface area contributed by atoms with Crippen LogP contribution in [0.5, 0.6) is 0 Å². The molecule has 1 amide bonds. The molecule has 0 heterocycles. The Morgan fingerprint density at radius 3 is 2.53 bits per heavy atom. The molecule has 0 aliphatic heterocycles. The zero-order valence-electron chi connectivity index (χ0n) is 19.7. The summed E-state index contributed by atoms with van der Waals surface area (Å²) < 4.78 is 5.33. The van der Waals surface area contributed by atoms with Gasteiger partial charge in [-0.15, -0.1) is 0 Å². The Labute approximate surface area is 182 Å². The van der Waals surface area contributed by atoms with Gasteiger partial charge in [0.2, 0.25) is 0 Å². The van der Waals surface area contributed by atoms with Crippen molar-refractivity contribution in [3.05, 3.63) is 52.6 Å². The molecule has 0 aromatic heterocycles. The second kappa shape index (κ2) is 9.63. The zero-order chi connectivity index (χ0) is 22.5. The van der Waals surface area contributed by atoms with E-state index in [1.54, 1.807) is 7.05 Å². The normalized spacial score (nSPS) is 16.6. The van der Waals surface area contributed by atoms with Crippen molar-refractivity contribution in [3.63, 3.8) is 0 Å². The lowest BCUT2D eigenvalue weighted by molar-refractivity contribution is 0.0298. The number of Topliss-reactive ketones (excluding diaryl/α,β-unsaturated/α-hetero) is 1. The topological polar surface area (TPSA) is 46.6 Å². The highest BCUT2D eigenvalue weighted by molar-refractivity contribution is 5.96. The summed E-state index contributed by atoms with van der Waals surface area (Å²) in [7, 11) is 1.66. The first-order valence-electron chi connectivity index (χ1n) is 10.8. The smallest absolute Gasteiger partial charge is 0.410 e. The molecule has 2 rings (SSSR count). The van der Waals surface area contributed by atoms with E-state index in [1.807, 2.05) is 45.0 Å². The third-order valence-corrected chi connectivity index (χ3v) is 5.57. The summed E-state index contributed by atoms with van der Waals surface area (Å²) in [5, 5.41) is 0. The van der Waals surface area contributed by atoms with Gasteiger partial charge in [-0.05, 0) is 69.6 Å². The highest BCUT2D eigenvalue weighted by Crippen LogP contribution is 2.40. The predicted molar refractivity (Wildman–Crippen MR) is 124 cm³/mol. The molecular weight excluding hydrogens is 374 g/mol. The van der Waals surface area contributed by atoms with Gasteiger partial charge in [-0.25, -0.2) is 4.79 Å². The molecule has 0 atom stereocenters. The number of ketones is 1. The van der Waals surface area contributed by atoms with Crippen molar-refractivity contribution < 1.29 is 14.3 Å². The summed E-state index contributed by atoms with van der Waals surface area (Å²) in [5.41, 5.74) is 4.20. The van der Waals surface area contributed by atoms with E-state index >= 15 is 0 Å². The molecule has 0 saturated heterocycles. The Hall–Kier alpha value is -2.36. The minimum Gasteiger partial charge on any atom is -0.444 e. The zero-order valence-corrected chi connectivity index (χ0v) is 19.7. The van der Waals surface area contributed by atoms with Gasteiger partial charge in [0.25, 0.3) is 0 Å². The van der Waals surface area contributed by atoms with Gasteiger partial charge in [0.15, 0.2) is 5.78 Å². The molecule has 0 spiro atoms. The molecule has 1 aliphatic rings. The lowest BCUT2D eigenvalue weighted by atomic mass is 9.72. The van der Waals surface area contributed by atoms with Gasteiger partial charge in [0, 0.05) is 25.6 Å². The Morgan fingerprint density at radius 2 is 1.90 bits per heavy atom. The summed E-state index contributed by atoms with van der Waals surface area (Å²) in [4.78, 5) is 26.2. The van der Waals surface area contributed by atoms with Crippen LogP contribution in [-0.4, -0.2) is 36.0 Å². The quantitative estimate of drug-likeness (QED) is 0.491. The Kier molecular flexibility index (Phi) is 7.68. The van der Waals surface area contributed by atoms with Crippen LogP contribution < -0.4 is 0 Å². The first-order valence-corrected chi connectivity index (χ1v) is 10.8. The van der Waals surface area contributed by atoms with Gasteiger partial charge in [-0.2, -0.15) is 0 Å². The monoisotopic (exact) mass is 411 g/mol. The summed E-state index contributed by atoms with van der Waals surface area (Å²) in [5.74, 6) is 0.0223. The molecule has 30 heavy (non-hydrogen) atoms. The molecule has 0 unspecified atom stereocenters. The van der Waals surface area contributed by atoms with Gasteiger partial charge in [-0.1, -0.05) is 49.8 Å². The van der Waals surface area contributed by atoms with E-state index in [-0.39, 0.29) is 17.6 Å². The molecular formula is C26H37NO3. The Morgan fingerprint density at radius 1 is 1.20 bits per heavy atom. The van der Waals surface area contributed by atoms with Crippen LogP contribution in [0.15, 0.2) is 41.5 Å². The van der Waals surface area contributed by atoms with E-state index in [2.05, 4.69) is 32.9 Å². The third-order valence-electron chi connectivity index (χ3n) is 5.57. The van der Waals surface area contributed by atoms with E-state index in [0.717, 1.165) is 12.0 Å². The summed E-state index contributed by atoms with van der Waals surface area (Å²) >= 11 is 0. The third kappa shape index (κ3) is 6.86. The first kappa shape index (κ1) is 23.9. The molecule has 0 radical (unpaired) electrons. The van der Waals surface area contributed by atoms with Crippen molar-refractivity contribution in [2.24, 2.45) is 5.41 Å². The van der Waals surface area contributed by atoms with E-state index in [0.29, 0.717) is 12.1 Å². The van der Waals surface area contributed by atoms with Crippen molar-refractivity contribution in [1.29, 1.82) is 0 Å². The fraction of sp³-hybridized carbons (Fsp3) is 0.538. The lowest BCUT2D eigenvalue weighted by Crippen LogP contribution is -2.35. The van der Waals surface area contributed by atoms with Crippen LogP contribution >= 0.6 is 0 Å². The van der Waals surface area contributed by atoms with Gasteiger partial charge < -0.3 is 9.64 Å². The molecule has 1 aromatic rings. The van der Waals surface area contributed by atoms with Crippen molar-refractivity contribution in [1.82, 2.24) is 4.90 Å². The van der Waals surface area contributed by atoms with Gasteiger partial charge >= 0.3 is 6.09 Å². The van der Waals surface area contributed by atoms with E-state index in [4.69, 9.17) is 4.74 Å². The number of amides is 1. The molecule has 0 N–H and O–H groups in total. The van der Waals surface area contributed by atoms with E-state index < -0.39 is 11.7 Å². The van der Waals surface area contributed by atoms with Crippen LogP contribution in [0.2, 0.25) is 0 Å². The van der Waals surface area contributed by atoms with Gasteiger partial charge in [-0.3, -0.25) is 4.79 Å². The second-order valence-corrected chi connectivity index (χ2v) is 9.97. The highest BCUT2D eigenvalue weighted by Gasteiger charge is 2.26. The summed E-state index contributed by atoms with van der Waals surface area (Å²) in [6.07, 6.45) is 7.79. The Bertz CT molecular complexity index is 840. The maximum atomic E-state index is 12.7. The van der Waals surface area contributed by atoms with Gasteiger partial charge in [0.1, 0.15) is 5.60 Å². The molecule has 4 heteroatoms. The molecule has 0 fully saturated rings.